The number of rotatable bonds is 2. The van der Waals surface area contributed by atoms with Gasteiger partial charge in [-0.25, -0.2) is 8.96 Å². The lowest BCUT2D eigenvalue weighted by atomic mass is 10.00. The first-order chi connectivity index (χ1) is 13.6. The quantitative estimate of drug-likeness (QED) is 0.380. The van der Waals surface area contributed by atoms with Crippen LogP contribution in [-0.2, 0) is 7.05 Å². The first-order valence-electron chi connectivity index (χ1n) is 9.16. The molecule has 0 N–H and O–H groups in total. The Morgan fingerprint density at radius 3 is 2.36 bits per heavy atom. The van der Waals surface area contributed by atoms with E-state index in [2.05, 4.69) is 28.6 Å². The summed E-state index contributed by atoms with van der Waals surface area (Å²) in [4.78, 5) is 4.34. The molecule has 0 atom stereocenters. The van der Waals surface area contributed by atoms with Crippen molar-refractivity contribution in [2.24, 2.45) is 7.05 Å². The van der Waals surface area contributed by atoms with Crippen molar-refractivity contribution in [2.45, 2.75) is 6.92 Å². The van der Waals surface area contributed by atoms with E-state index >= 15 is 0 Å². The van der Waals surface area contributed by atoms with Crippen molar-refractivity contribution >= 4 is 21.9 Å². The second kappa shape index (κ2) is 6.27. The SMILES string of the molecule is Cc1ccc2c(oc3c(-c4ccccn4)c(F)ccc32)c1-c1cccc[n+]1C. The van der Waals surface area contributed by atoms with Crippen LogP contribution in [0.15, 0.2) is 77.5 Å². The summed E-state index contributed by atoms with van der Waals surface area (Å²) in [6, 6.07) is 18.9. The van der Waals surface area contributed by atoms with Gasteiger partial charge in [-0.1, -0.05) is 18.2 Å². The second-order valence-electron chi connectivity index (χ2n) is 6.95. The van der Waals surface area contributed by atoms with Gasteiger partial charge in [-0.15, -0.1) is 0 Å². The number of nitrogens with zero attached hydrogens (tertiary/aromatic N) is 2. The molecule has 0 aliphatic heterocycles. The van der Waals surface area contributed by atoms with Crippen molar-refractivity contribution in [3.8, 4) is 22.5 Å². The number of pyridine rings is 2. The predicted molar refractivity (Wildman–Crippen MR) is 108 cm³/mol. The average Bonchev–Trinajstić information content (AvgIpc) is 3.07. The predicted octanol–water partition coefficient (Wildman–Crippen LogP) is 5.59. The summed E-state index contributed by atoms with van der Waals surface area (Å²) in [7, 11) is 2.01. The number of fused-ring (bicyclic) bond motifs is 3. The minimum Gasteiger partial charge on any atom is -0.454 e. The lowest BCUT2D eigenvalue weighted by molar-refractivity contribution is -0.660. The molecule has 2 aromatic carbocycles. The second-order valence-corrected chi connectivity index (χ2v) is 6.95. The number of aromatic nitrogens is 2. The van der Waals surface area contributed by atoms with E-state index < -0.39 is 0 Å². The van der Waals surface area contributed by atoms with Crippen LogP contribution >= 0.6 is 0 Å². The van der Waals surface area contributed by atoms with Gasteiger partial charge in [-0.2, -0.15) is 0 Å². The maximum Gasteiger partial charge on any atom is 0.216 e. The Bertz CT molecular complexity index is 1340. The molecule has 0 saturated carbocycles. The highest BCUT2D eigenvalue weighted by Crippen LogP contribution is 2.40. The number of aryl methyl sites for hydroxylation is 2. The van der Waals surface area contributed by atoms with Gasteiger partial charge in [0.15, 0.2) is 6.20 Å². The van der Waals surface area contributed by atoms with Crippen molar-refractivity contribution in [3.05, 3.63) is 84.4 Å². The highest BCUT2D eigenvalue weighted by Gasteiger charge is 2.23. The van der Waals surface area contributed by atoms with Gasteiger partial charge in [0.1, 0.15) is 24.0 Å². The number of hydrogen-bond donors (Lipinski definition) is 0. The van der Waals surface area contributed by atoms with Gasteiger partial charge < -0.3 is 4.42 Å². The molecule has 136 valence electrons. The third kappa shape index (κ3) is 2.42. The molecular formula is C24H18FN2O+. The maximum absolute atomic E-state index is 14.8. The van der Waals surface area contributed by atoms with Crippen molar-refractivity contribution in [3.63, 3.8) is 0 Å². The van der Waals surface area contributed by atoms with Gasteiger partial charge in [0, 0.05) is 29.1 Å². The van der Waals surface area contributed by atoms with E-state index in [0.717, 1.165) is 33.2 Å². The van der Waals surface area contributed by atoms with Crippen LogP contribution in [0.2, 0.25) is 0 Å². The topological polar surface area (TPSA) is 29.9 Å². The van der Waals surface area contributed by atoms with Crippen LogP contribution in [0.1, 0.15) is 5.56 Å². The molecule has 28 heavy (non-hydrogen) atoms. The Hall–Kier alpha value is -3.53. The van der Waals surface area contributed by atoms with E-state index in [1.165, 1.54) is 6.07 Å². The molecule has 3 aromatic heterocycles. The van der Waals surface area contributed by atoms with Gasteiger partial charge in [-0.05, 0) is 42.8 Å². The fourth-order valence-electron chi connectivity index (χ4n) is 3.83. The molecule has 0 saturated heterocycles. The number of furan rings is 1. The van der Waals surface area contributed by atoms with E-state index in [4.69, 9.17) is 4.42 Å². The van der Waals surface area contributed by atoms with Gasteiger partial charge in [0.25, 0.3) is 0 Å². The first-order valence-corrected chi connectivity index (χ1v) is 9.16. The zero-order valence-corrected chi connectivity index (χ0v) is 15.6. The molecular weight excluding hydrogens is 351 g/mol. The fourth-order valence-corrected chi connectivity index (χ4v) is 3.83. The molecule has 5 rings (SSSR count). The summed E-state index contributed by atoms with van der Waals surface area (Å²) in [6.45, 7) is 2.06. The summed E-state index contributed by atoms with van der Waals surface area (Å²) in [5, 5.41) is 1.86. The Morgan fingerprint density at radius 1 is 0.857 bits per heavy atom. The minimum atomic E-state index is -0.339. The van der Waals surface area contributed by atoms with Crippen LogP contribution in [0.5, 0.6) is 0 Å². The van der Waals surface area contributed by atoms with E-state index in [0.29, 0.717) is 16.8 Å². The monoisotopic (exact) mass is 369 g/mol. The Labute approximate surface area is 161 Å². The molecule has 0 radical (unpaired) electrons. The molecule has 3 nitrogen and oxygen atoms in total. The highest BCUT2D eigenvalue weighted by molar-refractivity contribution is 6.13. The summed E-state index contributed by atoms with van der Waals surface area (Å²) in [5.74, 6) is -0.339. The number of halogens is 1. The molecule has 0 amide bonds. The van der Waals surface area contributed by atoms with Crippen molar-refractivity contribution < 1.29 is 13.4 Å². The third-order valence-corrected chi connectivity index (χ3v) is 5.20. The fraction of sp³-hybridized carbons (Fsp3) is 0.0833. The van der Waals surface area contributed by atoms with Gasteiger partial charge >= 0.3 is 0 Å². The zero-order chi connectivity index (χ0) is 19.3. The highest BCUT2D eigenvalue weighted by atomic mass is 19.1. The van der Waals surface area contributed by atoms with Gasteiger partial charge in [0.2, 0.25) is 5.69 Å². The lowest BCUT2D eigenvalue weighted by Gasteiger charge is -2.05. The van der Waals surface area contributed by atoms with Crippen LogP contribution in [0.25, 0.3) is 44.5 Å². The van der Waals surface area contributed by atoms with Crippen LogP contribution < -0.4 is 4.57 Å². The summed E-state index contributed by atoms with van der Waals surface area (Å²) in [6.07, 6.45) is 3.67. The van der Waals surface area contributed by atoms with Crippen LogP contribution in [0.4, 0.5) is 4.39 Å². The Morgan fingerprint density at radius 2 is 1.61 bits per heavy atom. The molecule has 0 aliphatic rings. The molecule has 0 spiro atoms. The first kappa shape index (κ1) is 16.6. The number of benzene rings is 2. The Kier molecular flexibility index (Phi) is 3.72. The lowest BCUT2D eigenvalue weighted by Crippen LogP contribution is -2.30. The normalized spacial score (nSPS) is 11.4. The minimum absolute atomic E-state index is 0.339. The van der Waals surface area contributed by atoms with Crippen molar-refractivity contribution in [1.82, 2.24) is 4.98 Å². The van der Waals surface area contributed by atoms with Gasteiger partial charge in [-0.3, -0.25) is 4.98 Å². The summed E-state index contributed by atoms with van der Waals surface area (Å²) in [5.41, 5.74) is 5.42. The maximum atomic E-state index is 14.8. The molecule has 0 unspecified atom stereocenters. The molecule has 3 heterocycles. The third-order valence-electron chi connectivity index (χ3n) is 5.20. The molecule has 0 fully saturated rings. The Balaban J connectivity index is 1.92. The largest absolute Gasteiger partial charge is 0.454 e. The van der Waals surface area contributed by atoms with Crippen molar-refractivity contribution in [1.29, 1.82) is 0 Å². The molecule has 5 aromatic rings. The van der Waals surface area contributed by atoms with E-state index in [1.807, 2.05) is 43.6 Å². The molecule has 0 bridgehead atoms. The zero-order valence-electron chi connectivity index (χ0n) is 15.6. The van der Waals surface area contributed by atoms with Crippen LogP contribution in [0.3, 0.4) is 0 Å². The molecule has 0 aliphatic carbocycles. The number of hydrogen-bond acceptors (Lipinski definition) is 2. The van der Waals surface area contributed by atoms with Gasteiger partial charge in [0.05, 0.1) is 16.8 Å². The van der Waals surface area contributed by atoms with Crippen LogP contribution in [-0.4, -0.2) is 4.98 Å². The van der Waals surface area contributed by atoms with Crippen LogP contribution in [0, 0.1) is 12.7 Å². The standard InChI is InChI=1S/C24H18FN2O/c1-15-9-10-16-17-11-12-18(25)22(19-7-3-5-13-26-19)24(17)28-23(16)21(15)20-8-4-6-14-27(20)2/h3-14H,1-2H3/q+1. The van der Waals surface area contributed by atoms with E-state index in [1.54, 1.807) is 18.3 Å². The van der Waals surface area contributed by atoms with E-state index in [9.17, 15) is 4.39 Å². The average molecular weight is 369 g/mol. The molecule has 4 heteroatoms. The summed E-state index contributed by atoms with van der Waals surface area (Å²) < 4.78 is 23.2. The summed E-state index contributed by atoms with van der Waals surface area (Å²) >= 11 is 0. The van der Waals surface area contributed by atoms with E-state index in [-0.39, 0.29) is 5.82 Å². The van der Waals surface area contributed by atoms with Crippen molar-refractivity contribution in [2.75, 3.05) is 0 Å². The smallest absolute Gasteiger partial charge is 0.216 e.